The van der Waals surface area contributed by atoms with Gasteiger partial charge in [-0.3, -0.25) is 9.59 Å². The van der Waals surface area contributed by atoms with E-state index in [1.165, 1.54) is 11.1 Å². The van der Waals surface area contributed by atoms with Crippen LogP contribution in [-0.4, -0.2) is 31.4 Å². The second kappa shape index (κ2) is 10.1. The molecule has 3 N–H and O–H groups in total. The van der Waals surface area contributed by atoms with Crippen molar-refractivity contribution < 1.29 is 9.59 Å². The van der Waals surface area contributed by atoms with Crippen molar-refractivity contribution >= 4 is 11.8 Å². The maximum Gasteiger partial charge on any atom is 0.239 e. The molecule has 0 radical (unpaired) electrons. The van der Waals surface area contributed by atoms with Crippen LogP contribution >= 0.6 is 0 Å². The van der Waals surface area contributed by atoms with Crippen LogP contribution in [0.2, 0.25) is 0 Å². The lowest BCUT2D eigenvalue weighted by molar-refractivity contribution is -0.125. The highest BCUT2D eigenvalue weighted by Gasteiger charge is 2.17. The Morgan fingerprint density at radius 1 is 0.875 bits per heavy atom. The standard InChI is InChI=1S/C19H31N3O2/c1-6-20-17(23)11-21-18(24)12-22-19(14(4)5)16-9-7-15(8-10-16)13(2)3/h7-10,13-14,19,22H,6,11-12H2,1-5H3,(H,20,23)(H,21,24)/t19-/m0/s1. The van der Waals surface area contributed by atoms with Crippen molar-refractivity contribution in [3.05, 3.63) is 35.4 Å². The average molecular weight is 333 g/mol. The predicted molar refractivity (Wildman–Crippen MR) is 97.8 cm³/mol. The molecule has 134 valence electrons. The Morgan fingerprint density at radius 3 is 1.92 bits per heavy atom. The number of hydrogen-bond acceptors (Lipinski definition) is 3. The van der Waals surface area contributed by atoms with Crippen molar-refractivity contribution in [3.8, 4) is 0 Å². The summed E-state index contributed by atoms with van der Waals surface area (Å²) in [6.45, 7) is 11.2. The first-order valence-corrected chi connectivity index (χ1v) is 8.71. The molecular weight excluding hydrogens is 302 g/mol. The highest BCUT2D eigenvalue weighted by Crippen LogP contribution is 2.23. The predicted octanol–water partition coefficient (Wildman–Crippen LogP) is 2.35. The van der Waals surface area contributed by atoms with Gasteiger partial charge in [-0.2, -0.15) is 0 Å². The summed E-state index contributed by atoms with van der Waals surface area (Å²) < 4.78 is 0. The van der Waals surface area contributed by atoms with Gasteiger partial charge in [-0.15, -0.1) is 0 Å². The summed E-state index contributed by atoms with van der Waals surface area (Å²) in [6, 6.07) is 8.64. The molecule has 0 spiro atoms. The number of carbonyl (C=O) groups excluding carboxylic acids is 2. The van der Waals surface area contributed by atoms with Crippen molar-refractivity contribution in [1.29, 1.82) is 0 Å². The second-order valence-electron chi connectivity index (χ2n) is 6.65. The molecule has 0 aliphatic rings. The summed E-state index contributed by atoms with van der Waals surface area (Å²) in [6.07, 6.45) is 0. The van der Waals surface area contributed by atoms with Gasteiger partial charge in [0.05, 0.1) is 13.1 Å². The number of rotatable bonds is 9. The van der Waals surface area contributed by atoms with Gasteiger partial charge < -0.3 is 16.0 Å². The molecule has 0 saturated heterocycles. The Balaban J connectivity index is 2.57. The van der Waals surface area contributed by atoms with E-state index in [2.05, 4.69) is 67.9 Å². The number of amides is 2. The van der Waals surface area contributed by atoms with Gasteiger partial charge in [-0.25, -0.2) is 0 Å². The van der Waals surface area contributed by atoms with E-state index in [0.717, 1.165) is 0 Å². The minimum atomic E-state index is -0.175. The van der Waals surface area contributed by atoms with Gasteiger partial charge in [0.25, 0.3) is 0 Å². The van der Waals surface area contributed by atoms with Crippen molar-refractivity contribution in [2.45, 2.75) is 46.6 Å². The van der Waals surface area contributed by atoms with Crippen LogP contribution in [0.4, 0.5) is 0 Å². The molecule has 0 bridgehead atoms. The quantitative estimate of drug-likeness (QED) is 0.650. The minimum absolute atomic E-state index is 0.0176. The van der Waals surface area contributed by atoms with E-state index in [9.17, 15) is 9.59 Å². The van der Waals surface area contributed by atoms with E-state index in [-0.39, 0.29) is 30.9 Å². The zero-order chi connectivity index (χ0) is 18.1. The van der Waals surface area contributed by atoms with Gasteiger partial charge >= 0.3 is 0 Å². The third kappa shape index (κ3) is 6.71. The Bertz CT molecular complexity index is 524. The molecule has 1 rings (SSSR count). The van der Waals surface area contributed by atoms with E-state index < -0.39 is 0 Å². The monoisotopic (exact) mass is 333 g/mol. The molecule has 0 unspecified atom stereocenters. The third-order valence-corrected chi connectivity index (χ3v) is 3.93. The topological polar surface area (TPSA) is 70.2 Å². The lowest BCUT2D eigenvalue weighted by Gasteiger charge is -2.23. The van der Waals surface area contributed by atoms with Crippen molar-refractivity contribution in [1.82, 2.24) is 16.0 Å². The van der Waals surface area contributed by atoms with Gasteiger partial charge in [0.1, 0.15) is 0 Å². The van der Waals surface area contributed by atoms with E-state index in [4.69, 9.17) is 0 Å². The molecule has 1 atom stereocenters. The Labute approximate surface area is 145 Å². The number of hydrogen-bond donors (Lipinski definition) is 3. The highest BCUT2D eigenvalue weighted by atomic mass is 16.2. The van der Waals surface area contributed by atoms with Gasteiger partial charge in [0, 0.05) is 12.6 Å². The molecule has 0 heterocycles. The number of benzene rings is 1. The van der Waals surface area contributed by atoms with Crippen molar-refractivity contribution in [2.75, 3.05) is 19.6 Å². The Hall–Kier alpha value is -1.88. The first-order valence-electron chi connectivity index (χ1n) is 8.71. The van der Waals surface area contributed by atoms with E-state index in [1.54, 1.807) is 0 Å². The fourth-order valence-corrected chi connectivity index (χ4v) is 2.53. The molecule has 1 aromatic rings. The van der Waals surface area contributed by atoms with Crippen LogP contribution in [0.5, 0.6) is 0 Å². The van der Waals surface area contributed by atoms with Crippen LogP contribution < -0.4 is 16.0 Å². The first-order chi connectivity index (χ1) is 11.3. The van der Waals surface area contributed by atoms with E-state index >= 15 is 0 Å². The van der Waals surface area contributed by atoms with Gasteiger partial charge in [0.2, 0.25) is 11.8 Å². The lowest BCUT2D eigenvalue weighted by Crippen LogP contribution is -2.42. The number of likely N-dealkylation sites (N-methyl/N-ethyl adjacent to an activating group) is 1. The molecule has 2 amide bonds. The normalized spacial score (nSPS) is 12.3. The summed E-state index contributed by atoms with van der Waals surface area (Å²) in [5.74, 6) is 0.511. The maximum atomic E-state index is 11.9. The van der Waals surface area contributed by atoms with Crippen molar-refractivity contribution in [2.24, 2.45) is 5.92 Å². The molecule has 1 aromatic carbocycles. The van der Waals surface area contributed by atoms with Crippen LogP contribution in [0.25, 0.3) is 0 Å². The minimum Gasteiger partial charge on any atom is -0.355 e. The molecule has 0 aromatic heterocycles. The van der Waals surface area contributed by atoms with Crippen molar-refractivity contribution in [3.63, 3.8) is 0 Å². The van der Waals surface area contributed by atoms with Crippen LogP contribution in [0, 0.1) is 5.92 Å². The van der Waals surface area contributed by atoms with Gasteiger partial charge in [-0.1, -0.05) is 52.0 Å². The fraction of sp³-hybridized carbons (Fsp3) is 0.579. The van der Waals surface area contributed by atoms with Gasteiger partial charge in [0.15, 0.2) is 0 Å². The summed E-state index contributed by atoms with van der Waals surface area (Å²) >= 11 is 0. The zero-order valence-corrected chi connectivity index (χ0v) is 15.5. The molecule has 0 fully saturated rings. The summed E-state index contributed by atoms with van der Waals surface area (Å²) in [5.41, 5.74) is 2.48. The molecule has 5 heteroatoms. The average Bonchev–Trinajstić information content (AvgIpc) is 2.53. The first kappa shape index (κ1) is 20.2. The maximum absolute atomic E-state index is 11.9. The summed E-state index contributed by atoms with van der Waals surface area (Å²) in [7, 11) is 0. The van der Waals surface area contributed by atoms with Crippen LogP contribution in [0.3, 0.4) is 0 Å². The lowest BCUT2D eigenvalue weighted by atomic mass is 9.93. The van der Waals surface area contributed by atoms with E-state index in [0.29, 0.717) is 18.4 Å². The van der Waals surface area contributed by atoms with Crippen LogP contribution in [0.15, 0.2) is 24.3 Å². The number of nitrogens with one attached hydrogen (secondary N) is 3. The fourth-order valence-electron chi connectivity index (χ4n) is 2.53. The largest absolute Gasteiger partial charge is 0.355 e. The zero-order valence-electron chi connectivity index (χ0n) is 15.5. The summed E-state index contributed by atoms with van der Waals surface area (Å²) in [5, 5.41) is 8.57. The Kier molecular flexibility index (Phi) is 8.47. The Morgan fingerprint density at radius 2 is 1.42 bits per heavy atom. The van der Waals surface area contributed by atoms with E-state index in [1.807, 2.05) is 6.92 Å². The van der Waals surface area contributed by atoms with Crippen LogP contribution in [0.1, 0.15) is 57.7 Å². The summed E-state index contributed by atoms with van der Waals surface area (Å²) in [4.78, 5) is 23.3. The van der Waals surface area contributed by atoms with Gasteiger partial charge in [-0.05, 0) is 29.9 Å². The SMILES string of the molecule is CCNC(=O)CNC(=O)CN[C@H](c1ccc(C(C)C)cc1)C(C)C. The number of carbonyl (C=O) groups is 2. The highest BCUT2D eigenvalue weighted by molar-refractivity contribution is 5.85. The molecule has 0 saturated carbocycles. The van der Waals surface area contributed by atoms with Crippen LogP contribution in [-0.2, 0) is 9.59 Å². The molecule has 0 aliphatic carbocycles. The second-order valence-corrected chi connectivity index (χ2v) is 6.65. The molecule has 0 aliphatic heterocycles. The molecule has 5 nitrogen and oxygen atoms in total. The molecule has 24 heavy (non-hydrogen) atoms. The molecular formula is C19H31N3O2. The smallest absolute Gasteiger partial charge is 0.239 e. The third-order valence-electron chi connectivity index (χ3n) is 3.93.